The molecule has 0 spiro atoms. The van der Waals surface area contributed by atoms with Gasteiger partial charge in [0.05, 0.1) is 0 Å². The van der Waals surface area contributed by atoms with Gasteiger partial charge in [-0.1, -0.05) is 35.7 Å². The Morgan fingerprint density at radius 2 is 2.22 bits per heavy atom. The van der Waals surface area contributed by atoms with E-state index in [-0.39, 0.29) is 6.04 Å². The lowest BCUT2D eigenvalue weighted by molar-refractivity contribution is 0.472. The third kappa shape index (κ3) is 3.78. The first-order chi connectivity index (χ1) is 8.70. The van der Waals surface area contributed by atoms with Crippen LogP contribution in [-0.2, 0) is 6.42 Å². The highest BCUT2D eigenvalue weighted by molar-refractivity contribution is 8.00. The van der Waals surface area contributed by atoms with E-state index in [9.17, 15) is 0 Å². The van der Waals surface area contributed by atoms with Crippen molar-refractivity contribution in [2.45, 2.75) is 37.0 Å². The molecule has 1 saturated heterocycles. The highest BCUT2D eigenvalue weighted by Gasteiger charge is 2.24. The van der Waals surface area contributed by atoms with Gasteiger partial charge in [0.15, 0.2) is 0 Å². The van der Waals surface area contributed by atoms with Crippen molar-refractivity contribution in [1.29, 1.82) is 0 Å². The zero-order chi connectivity index (χ0) is 13.0. The maximum absolute atomic E-state index is 6.21. The van der Waals surface area contributed by atoms with Gasteiger partial charge in [-0.3, -0.25) is 11.3 Å². The second kappa shape index (κ2) is 7.01. The molecule has 2 rings (SSSR count). The van der Waals surface area contributed by atoms with E-state index in [0.717, 1.165) is 17.0 Å². The Labute approximate surface area is 123 Å². The number of hydrogen-bond donors (Lipinski definition) is 2. The quantitative estimate of drug-likeness (QED) is 0.658. The Morgan fingerprint density at radius 3 is 2.83 bits per heavy atom. The minimum absolute atomic E-state index is 0.272. The molecule has 1 aromatic carbocycles. The number of nitrogens with two attached hydrogens (primary N) is 1. The Hall–Kier alpha value is 0.0700. The topological polar surface area (TPSA) is 38.0 Å². The van der Waals surface area contributed by atoms with Gasteiger partial charge in [-0.05, 0) is 42.7 Å². The van der Waals surface area contributed by atoms with E-state index in [1.807, 2.05) is 23.9 Å². The minimum Gasteiger partial charge on any atom is -0.271 e. The van der Waals surface area contributed by atoms with Crippen molar-refractivity contribution < 1.29 is 0 Å². The van der Waals surface area contributed by atoms with Crippen LogP contribution in [0.25, 0.3) is 0 Å². The smallest absolute Gasteiger partial charge is 0.0453 e. The number of hydrazine groups is 1. The van der Waals surface area contributed by atoms with Crippen molar-refractivity contribution >= 4 is 35.0 Å². The number of thioether (sulfide) groups is 1. The van der Waals surface area contributed by atoms with Crippen molar-refractivity contribution in [2.24, 2.45) is 5.84 Å². The normalized spacial score (nSPS) is 21.8. The summed E-state index contributed by atoms with van der Waals surface area (Å²) in [7, 11) is 0. The van der Waals surface area contributed by atoms with Gasteiger partial charge in [0.25, 0.3) is 0 Å². The molecule has 0 saturated carbocycles. The van der Waals surface area contributed by atoms with Crippen LogP contribution >= 0.6 is 35.0 Å². The zero-order valence-corrected chi connectivity index (χ0v) is 12.5. The predicted octanol–water partition coefficient (Wildman–Crippen LogP) is 3.65. The number of rotatable bonds is 4. The van der Waals surface area contributed by atoms with Crippen LogP contribution < -0.4 is 11.3 Å². The molecule has 1 fully saturated rings. The van der Waals surface area contributed by atoms with Crippen LogP contribution in [0.15, 0.2) is 18.2 Å². The monoisotopic (exact) mass is 304 g/mol. The Kier molecular flexibility index (Phi) is 5.64. The third-order valence-corrected chi connectivity index (χ3v) is 5.44. The Balaban J connectivity index is 2.04. The molecule has 3 N–H and O–H groups in total. The molecule has 0 amide bonds. The standard InChI is InChI=1S/C13H18Cl2N2S/c14-10-5-4-9(11(15)8-10)7-12(17-16)13-3-1-2-6-18-13/h4-5,8,12-13,17H,1-3,6-7,16H2. The lowest BCUT2D eigenvalue weighted by Crippen LogP contribution is -2.45. The molecular weight excluding hydrogens is 287 g/mol. The second-order valence-corrected chi connectivity index (χ2v) is 6.81. The predicted molar refractivity (Wildman–Crippen MR) is 81.4 cm³/mol. The van der Waals surface area contributed by atoms with E-state index in [0.29, 0.717) is 10.3 Å². The van der Waals surface area contributed by atoms with Crippen LogP contribution in [0.2, 0.25) is 10.0 Å². The summed E-state index contributed by atoms with van der Waals surface area (Å²) in [4.78, 5) is 0. The van der Waals surface area contributed by atoms with Crippen LogP contribution in [0.4, 0.5) is 0 Å². The molecule has 5 heteroatoms. The molecule has 100 valence electrons. The summed E-state index contributed by atoms with van der Waals surface area (Å²) in [6, 6.07) is 5.93. The Bertz CT molecular complexity index is 395. The van der Waals surface area contributed by atoms with Crippen LogP contribution in [0.1, 0.15) is 24.8 Å². The maximum atomic E-state index is 6.21. The van der Waals surface area contributed by atoms with Gasteiger partial charge >= 0.3 is 0 Å². The summed E-state index contributed by atoms with van der Waals surface area (Å²) in [5, 5.41) is 1.98. The van der Waals surface area contributed by atoms with Gasteiger partial charge in [-0.15, -0.1) is 0 Å². The maximum Gasteiger partial charge on any atom is 0.0453 e. The Morgan fingerprint density at radius 1 is 1.39 bits per heavy atom. The first kappa shape index (κ1) is 14.5. The summed E-state index contributed by atoms with van der Waals surface area (Å²) in [6.45, 7) is 0. The molecule has 2 unspecified atom stereocenters. The number of nitrogens with one attached hydrogen (secondary N) is 1. The van der Waals surface area contributed by atoms with E-state index < -0.39 is 0 Å². The molecule has 1 aliphatic heterocycles. The summed E-state index contributed by atoms with van der Waals surface area (Å²) in [5.74, 6) is 6.93. The van der Waals surface area contributed by atoms with E-state index in [1.54, 1.807) is 6.07 Å². The molecule has 1 aromatic rings. The summed E-state index contributed by atoms with van der Waals surface area (Å²) >= 11 is 14.1. The zero-order valence-electron chi connectivity index (χ0n) is 10.2. The second-order valence-electron chi connectivity index (χ2n) is 4.62. The SMILES string of the molecule is NNC(Cc1ccc(Cl)cc1Cl)C1CCCCS1. The van der Waals surface area contributed by atoms with Crippen molar-refractivity contribution in [2.75, 3.05) is 5.75 Å². The van der Waals surface area contributed by atoms with Gasteiger partial charge in [-0.2, -0.15) is 11.8 Å². The van der Waals surface area contributed by atoms with E-state index in [1.165, 1.54) is 25.0 Å². The average molecular weight is 305 g/mol. The number of hydrogen-bond acceptors (Lipinski definition) is 3. The number of halogens is 2. The van der Waals surface area contributed by atoms with Crippen molar-refractivity contribution in [3.05, 3.63) is 33.8 Å². The molecule has 2 nitrogen and oxygen atoms in total. The first-order valence-electron chi connectivity index (χ1n) is 6.22. The number of benzene rings is 1. The van der Waals surface area contributed by atoms with Crippen LogP contribution in [0.3, 0.4) is 0 Å². The molecule has 0 bridgehead atoms. The summed E-state index contributed by atoms with van der Waals surface area (Å²) in [6.07, 6.45) is 4.69. The van der Waals surface area contributed by atoms with Crippen molar-refractivity contribution in [3.63, 3.8) is 0 Å². The van der Waals surface area contributed by atoms with E-state index >= 15 is 0 Å². The van der Waals surface area contributed by atoms with Crippen LogP contribution in [0, 0.1) is 0 Å². The molecule has 1 heterocycles. The van der Waals surface area contributed by atoms with Gasteiger partial charge in [0.2, 0.25) is 0 Å². The fraction of sp³-hybridized carbons (Fsp3) is 0.538. The van der Waals surface area contributed by atoms with Crippen molar-refractivity contribution in [3.8, 4) is 0 Å². The summed E-state index contributed by atoms with van der Waals surface area (Å²) < 4.78 is 0. The minimum atomic E-state index is 0.272. The fourth-order valence-electron chi connectivity index (χ4n) is 2.30. The molecular formula is C13H18Cl2N2S. The lowest BCUT2D eigenvalue weighted by atomic mass is 10.00. The lowest BCUT2D eigenvalue weighted by Gasteiger charge is -2.29. The fourth-order valence-corrected chi connectivity index (χ4v) is 4.20. The van der Waals surface area contributed by atoms with Crippen molar-refractivity contribution in [1.82, 2.24) is 5.43 Å². The average Bonchev–Trinajstić information content (AvgIpc) is 2.39. The molecule has 2 atom stereocenters. The molecule has 0 radical (unpaired) electrons. The molecule has 0 aromatic heterocycles. The van der Waals surface area contributed by atoms with Crippen LogP contribution in [-0.4, -0.2) is 17.0 Å². The van der Waals surface area contributed by atoms with E-state index in [2.05, 4.69) is 5.43 Å². The van der Waals surface area contributed by atoms with Crippen LogP contribution in [0.5, 0.6) is 0 Å². The third-order valence-electron chi connectivity index (χ3n) is 3.33. The van der Waals surface area contributed by atoms with E-state index in [4.69, 9.17) is 29.0 Å². The summed E-state index contributed by atoms with van der Waals surface area (Å²) in [5.41, 5.74) is 4.06. The van der Waals surface area contributed by atoms with Gasteiger partial charge in [-0.25, -0.2) is 0 Å². The molecule has 18 heavy (non-hydrogen) atoms. The van der Waals surface area contributed by atoms with Gasteiger partial charge in [0.1, 0.15) is 0 Å². The largest absolute Gasteiger partial charge is 0.271 e. The highest BCUT2D eigenvalue weighted by Crippen LogP contribution is 2.30. The molecule has 1 aliphatic rings. The highest BCUT2D eigenvalue weighted by atomic mass is 35.5. The first-order valence-corrected chi connectivity index (χ1v) is 8.03. The van der Waals surface area contributed by atoms with Gasteiger partial charge < -0.3 is 0 Å². The van der Waals surface area contributed by atoms with Gasteiger partial charge in [0, 0.05) is 21.3 Å². The molecule has 0 aliphatic carbocycles.